The number of carbonyl (C=O) groups excluding carboxylic acids is 1. The van der Waals surface area contributed by atoms with Crippen molar-refractivity contribution in [3.63, 3.8) is 0 Å². The molecule has 0 aliphatic carbocycles. The second kappa shape index (κ2) is 13.9. The molecule has 1 aliphatic heterocycles. The predicted molar refractivity (Wildman–Crippen MR) is 165 cm³/mol. The van der Waals surface area contributed by atoms with E-state index in [0.29, 0.717) is 24.3 Å². The predicted octanol–water partition coefficient (Wildman–Crippen LogP) is 4.66. The molecule has 1 saturated heterocycles. The molecule has 2 heterocycles. The highest BCUT2D eigenvalue weighted by molar-refractivity contribution is 5.89. The van der Waals surface area contributed by atoms with Crippen LogP contribution in [0.1, 0.15) is 49.1 Å². The Morgan fingerprint density at radius 1 is 0.955 bits per heavy atom. The fourth-order valence-electron chi connectivity index (χ4n) is 5.45. The molecule has 0 unspecified atom stereocenters. The number of hydrogen-bond acceptors (Lipinski definition) is 8. The molecule has 1 fully saturated rings. The summed E-state index contributed by atoms with van der Waals surface area (Å²) in [4.78, 5) is 28.8. The molecule has 1 amide bonds. The monoisotopic (exact) mass is 599 g/mol. The average Bonchev–Trinajstić information content (AvgIpc) is 3.42. The highest BCUT2D eigenvalue weighted by Gasteiger charge is 2.42. The van der Waals surface area contributed by atoms with Crippen molar-refractivity contribution in [1.29, 1.82) is 0 Å². The molecule has 4 aromatic rings. The summed E-state index contributed by atoms with van der Waals surface area (Å²) in [5.74, 6) is 1.38. The third-order valence-electron chi connectivity index (χ3n) is 7.73. The van der Waals surface area contributed by atoms with Crippen molar-refractivity contribution in [2.45, 2.75) is 50.2 Å². The second-order valence-electron chi connectivity index (χ2n) is 10.5. The van der Waals surface area contributed by atoms with E-state index in [1.54, 1.807) is 20.3 Å². The van der Waals surface area contributed by atoms with Crippen molar-refractivity contribution in [3.05, 3.63) is 118 Å². The van der Waals surface area contributed by atoms with Gasteiger partial charge in [-0.05, 0) is 53.4 Å². The highest BCUT2D eigenvalue weighted by atomic mass is 16.6. The van der Waals surface area contributed by atoms with E-state index in [4.69, 9.17) is 18.9 Å². The first kappa shape index (κ1) is 30.9. The summed E-state index contributed by atoms with van der Waals surface area (Å²) in [5.41, 5.74) is 0.894. The van der Waals surface area contributed by atoms with Gasteiger partial charge in [-0.2, -0.15) is 4.98 Å². The largest absolute Gasteiger partial charge is 0.497 e. The first-order chi connectivity index (χ1) is 21.4. The van der Waals surface area contributed by atoms with Crippen LogP contribution in [0.4, 0.5) is 5.82 Å². The zero-order valence-corrected chi connectivity index (χ0v) is 25.0. The first-order valence-electron chi connectivity index (χ1n) is 14.6. The van der Waals surface area contributed by atoms with Crippen molar-refractivity contribution < 1.29 is 28.8 Å². The molecule has 0 saturated carbocycles. The molecule has 1 aliphatic rings. The zero-order valence-electron chi connectivity index (χ0n) is 25.0. The van der Waals surface area contributed by atoms with E-state index >= 15 is 0 Å². The van der Waals surface area contributed by atoms with Crippen LogP contribution in [-0.2, 0) is 19.9 Å². The van der Waals surface area contributed by atoms with Crippen LogP contribution in [0.5, 0.6) is 11.5 Å². The number of aliphatic hydroxyl groups is 1. The molecular formula is C34H37N3O7. The Labute approximate surface area is 256 Å². The number of ether oxygens (including phenoxy) is 4. The number of nitrogens with one attached hydrogen (secondary N) is 1. The Kier molecular flexibility index (Phi) is 9.74. The van der Waals surface area contributed by atoms with Crippen LogP contribution in [0.2, 0.25) is 0 Å². The first-order valence-corrected chi connectivity index (χ1v) is 14.6. The number of amides is 1. The number of carbonyl (C=O) groups is 1. The number of benzene rings is 3. The maximum absolute atomic E-state index is 12.8. The van der Waals surface area contributed by atoms with Crippen molar-refractivity contribution in [1.82, 2.24) is 9.55 Å². The molecule has 230 valence electrons. The molecule has 0 bridgehead atoms. The van der Waals surface area contributed by atoms with Gasteiger partial charge in [-0.1, -0.05) is 61.5 Å². The van der Waals surface area contributed by atoms with E-state index < -0.39 is 29.7 Å². The van der Waals surface area contributed by atoms with Gasteiger partial charge in [0.05, 0.1) is 26.9 Å². The molecule has 1 aromatic heterocycles. The van der Waals surface area contributed by atoms with Crippen molar-refractivity contribution in [2.24, 2.45) is 0 Å². The molecule has 3 aromatic carbocycles. The maximum atomic E-state index is 12.8. The average molecular weight is 600 g/mol. The minimum absolute atomic E-state index is 0.0119. The fourth-order valence-corrected chi connectivity index (χ4v) is 5.45. The number of aliphatic hydroxyl groups excluding tert-OH is 1. The summed E-state index contributed by atoms with van der Waals surface area (Å²) in [6.07, 6.45) is 0.296. The Balaban J connectivity index is 1.45. The summed E-state index contributed by atoms with van der Waals surface area (Å²) in [5, 5.41) is 13.7. The molecule has 3 atom stereocenters. The zero-order chi connectivity index (χ0) is 31.1. The molecule has 2 N–H and O–H groups in total. The smallest absolute Gasteiger partial charge is 0.351 e. The van der Waals surface area contributed by atoms with Gasteiger partial charge in [0.1, 0.15) is 35.2 Å². The quantitative estimate of drug-likeness (QED) is 0.226. The Morgan fingerprint density at radius 2 is 1.55 bits per heavy atom. The van der Waals surface area contributed by atoms with Crippen LogP contribution in [0, 0.1) is 0 Å². The molecular weight excluding hydrogens is 562 g/mol. The summed E-state index contributed by atoms with van der Waals surface area (Å²) >= 11 is 0. The van der Waals surface area contributed by atoms with Gasteiger partial charge in [0.15, 0.2) is 0 Å². The van der Waals surface area contributed by atoms with Crippen molar-refractivity contribution >= 4 is 11.7 Å². The van der Waals surface area contributed by atoms with Gasteiger partial charge in [0.25, 0.3) is 0 Å². The number of rotatable bonds is 12. The lowest BCUT2D eigenvalue weighted by atomic mass is 9.80. The lowest BCUT2D eigenvalue weighted by Crippen LogP contribution is -2.38. The molecule has 5 rings (SSSR count). The van der Waals surface area contributed by atoms with E-state index in [9.17, 15) is 14.7 Å². The van der Waals surface area contributed by atoms with E-state index in [-0.39, 0.29) is 24.8 Å². The number of aromatic nitrogens is 2. The minimum Gasteiger partial charge on any atom is -0.497 e. The Hall–Kier alpha value is -4.51. The van der Waals surface area contributed by atoms with Crippen LogP contribution < -0.4 is 20.5 Å². The van der Waals surface area contributed by atoms with Crippen LogP contribution >= 0.6 is 0 Å². The van der Waals surface area contributed by atoms with Gasteiger partial charge in [-0.3, -0.25) is 9.36 Å². The van der Waals surface area contributed by atoms with Crippen LogP contribution in [0.15, 0.2) is 95.9 Å². The number of nitrogens with zero attached hydrogens (tertiary/aromatic N) is 2. The lowest BCUT2D eigenvalue weighted by Gasteiger charge is -2.37. The number of methoxy groups -OCH3 is 2. The molecule has 0 spiro atoms. The minimum atomic E-state index is -1.09. The van der Waals surface area contributed by atoms with Gasteiger partial charge in [-0.25, -0.2) is 4.79 Å². The van der Waals surface area contributed by atoms with E-state index in [1.165, 1.54) is 10.8 Å². The maximum Gasteiger partial charge on any atom is 0.351 e. The van der Waals surface area contributed by atoms with Crippen molar-refractivity contribution in [2.75, 3.05) is 26.1 Å². The third-order valence-corrected chi connectivity index (χ3v) is 7.73. The lowest BCUT2D eigenvalue weighted by molar-refractivity contribution is -0.116. The summed E-state index contributed by atoms with van der Waals surface area (Å²) in [6.45, 7) is 1.91. The number of anilines is 1. The van der Waals surface area contributed by atoms with Crippen molar-refractivity contribution in [3.8, 4) is 11.5 Å². The van der Waals surface area contributed by atoms with E-state index in [2.05, 4.69) is 10.3 Å². The van der Waals surface area contributed by atoms with Gasteiger partial charge in [0.2, 0.25) is 5.91 Å². The van der Waals surface area contributed by atoms with Gasteiger partial charge >= 0.3 is 5.69 Å². The van der Waals surface area contributed by atoms with Crippen LogP contribution in [0.3, 0.4) is 0 Å². The van der Waals surface area contributed by atoms with E-state index in [1.807, 2.05) is 85.8 Å². The topological polar surface area (TPSA) is 121 Å². The Morgan fingerprint density at radius 3 is 2.09 bits per heavy atom. The third kappa shape index (κ3) is 6.52. The standard InChI is InChI=1S/C34H37N3O7/c1-4-8-31(39)35-30-19-20-37(33(40)36-30)32-21-28(38)29(44-32)22-43-34(23-9-6-5-7-10-23,24-11-15-26(41-2)16-12-24)25-13-17-27(42-3)18-14-25/h5-7,9-20,28-29,32,38H,4,8,21-22H2,1-3H3,(H,35,36,39,40)/t28-,29+,32+/m0/s1. The van der Waals surface area contributed by atoms with Crippen LogP contribution in [-0.4, -0.2) is 53.6 Å². The Bertz CT molecular complexity index is 1540. The van der Waals surface area contributed by atoms with Gasteiger partial charge in [0, 0.05) is 19.0 Å². The molecule has 0 radical (unpaired) electrons. The van der Waals surface area contributed by atoms with Gasteiger partial charge < -0.3 is 29.4 Å². The number of hydrogen-bond donors (Lipinski definition) is 2. The highest BCUT2D eigenvalue weighted by Crippen LogP contribution is 2.42. The SMILES string of the molecule is CCCC(=O)Nc1ccn([C@H]2C[C@H](O)[C@@H](COC(c3ccccc3)(c3ccc(OC)cc3)c3ccc(OC)cc3)O2)c(=O)n1. The summed E-state index contributed by atoms with van der Waals surface area (Å²) in [7, 11) is 3.23. The fraction of sp³-hybridized carbons (Fsp3) is 0.324. The normalized spacial score (nSPS) is 18.1. The van der Waals surface area contributed by atoms with Crippen LogP contribution in [0.25, 0.3) is 0 Å². The molecule has 44 heavy (non-hydrogen) atoms. The summed E-state index contributed by atoms with van der Waals surface area (Å²) < 4.78 is 25.2. The van der Waals surface area contributed by atoms with Gasteiger partial charge in [-0.15, -0.1) is 0 Å². The summed E-state index contributed by atoms with van der Waals surface area (Å²) in [6, 6.07) is 26.7. The second-order valence-corrected chi connectivity index (χ2v) is 10.5. The molecule has 10 nitrogen and oxygen atoms in total. The molecule has 10 heteroatoms. The van der Waals surface area contributed by atoms with E-state index in [0.717, 1.165) is 16.7 Å².